The molecule has 0 heterocycles. The molecule has 1 aromatic rings. The number of sulfonamides is 1. The van der Waals surface area contributed by atoms with Crippen molar-refractivity contribution in [2.75, 3.05) is 0 Å². The van der Waals surface area contributed by atoms with Crippen LogP contribution in [0.3, 0.4) is 0 Å². The molecule has 0 spiro atoms. The van der Waals surface area contributed by atoms with Crippen molar-refractivity contribution < 1.29 is 17.2 Å². The standard InChI is InChI=1S/C13H16F2N2O2S2/c14-9-4-5-10(15)11(8-9)21(18,19)17-13(12(16)20)6-2-1-3-7-13/h4-5,8,17H,1-3,6-7H2,(H2,16,20). The molecule has 0 aromatic heterocycles. The van der Waals surface area contributed by atoms with Crippen molar-refractivity contribution in [3.8, 4) is 0 Å². The van der Waals surface area contributed by atoms with Gasteiger partial charge in [-0.2, -0.15) is 4.72 Å². The van der Waals surface area contributed by atoms with E-state index in [1.807, 2.05) is 0 Å². The molecule has 1 aliphatic carbocycles. The lowest BCUT2D eigenvalue weighted by Crippen LogP contribution is -2.57. The lowest BCUT2D eigenvalue weighted by Gasteiger charge is -2.36. The third-order valence-electron chi connectivity index (χ3n) is 3.69. The molecule has 4 nitrogen and oxygen atoms in total. The van der Waals surface area contributed by atoms with Crippen molar-refractivity contribution in [3.05, 3.63) is 29.8 Å². The van der Waals surface area contributed by atoms with Crippen LogP contribution in [0.25, 0.3) is 0 Å². The molecule has 1 aliphatic rings. The Labute approximate surface area is 127 Å². The molecule has 0 aliphatic heterocycles. The Kier molecular flexibility index (Phi) is 4.60. The van der Waals surface area contributed by atoms with Gasteiger partial charge in [-0.25, -0.2) is 17.2 Å². The second kappa shape index (κ2) is 5.94. The van der Waals surface area contributed by atoms with Crippen LogP contribution in [0.4, 0.5) is 8.78 Å². The van der Waals surface area contributed by atoms with Crippen LogP contribution in [0, 0.1) is 11.6 Å². The van der Waals surface area contributed by atoms with E-state index < -0.39 is 32.1 Å². The van der Waals surface area contributed by atoms with Crippen molar-refractivity contribution in [1.82, 2.24) is 4.72 Å². The highest BCUT2D eigenvalue weighted by molar-refractivity contribution is 7.89. The zero-order valence-electron chi connectivity index (χ0n) is 11.2. The van der Waals surface area contributed by atoms with Gasteiger partial charge in [0.05, 0.1) is 10.5 Å². The summed E-state index contributed by atoms with van der Waals surface area (Å²) in [5.74, 6) is -1.84. The van der Waals surface area contributed by atoms with Gasteiger partial charge in [0.25, 0.3) is 0 Å². The molecule has 1 aromatic carbocycles. The molecule has 1 fully saturated rings. The molecular formula is C13H16F2N2O2S2. The van der Waals surface area contributed by atoms with Gasteiger partial charge in [0.15, 0.2) is 0 Å². The van der Waals surface area contributed by atoms with Crippen LogP contribution in [-0.4, -0.2) is 18.9 Å². The smallest absolute Gasteiger partial charge is 0.244 e. The summed E-state index contributed by atoms with van der Waals surface area (Å²) in [6.45, 7) is 0. The van der Waals surface area contributed by atoms with Crippen LogP contribution >= 0.6 is 12.2 Å². The Morgan fingerprint density at radius 2 is 1.86 bits per heavy atom. The monoisotopic (exact) mass is 334 g/mol. The zero-order chi connectivity index (χ0) is 15.7. The molecule has 21 heavy (non-hydrogen) atoms. The number of nitrogens with one attached hydrogen (secondary N) is 1. The quantitative estimate of drug-likeness (QED) is 0.828. The zero-order valence-corrected chi connectivity index (χ0v) is 12.9. The number of benzene rings is 1. The first-order chi connectivity index (χ1) is 9.77. The summed E-state index contributed by atoms with van der Waals surface area (Å²) in [6.07, 6.45) is 3.41. The van der Waals surface area contributed by atoms with Gasteiger partial charge in [0.2, 0.25) is 10.0 Å². The van der Waals surface area contributed by atoms with E-state index in [1.54, 1.807) is 0 Å². The second-order valence-electron chi connectivity index (χ2n) is 5.19. The van der Waals surface area contributed by atoms with Crippen LogP contribution in [0.1, 0.15) is 32.1 Å². The third-order valence-corrected chi connectivity index (χ3v) is 5.63. The van der Waals surface area contributed by atoms with Crippen molar-refractivity contribution in [2.24, 2.45) is 5.73 Å². The topological polar surface area (TPSA) is 72.2 Å². The van der Waals surface area contributed by atoms with Gasteiger partial charge in [-0.05, 0) is 31.0 Å². The first-order valence-corrected chi connectivity index (χ1v) is 8.45. The van der Waals surface area contributed by atoms with E-state index in [4.69, 9.17) is 18.0 Å². The van der Waals surface area contributed by atoms with Gasteiger partial charge < -0.3 is 5.73 Å². The lowest BCUT2D eigenvalue weighted by molar-refractivity contribution is 0.352. The van der Waals surface area contributed by atoms with Crippen LogP contribution in [0.2, 0.25) is 0 Å². The summed E-state index contributed by atoms with van der Waals surface area (Å²) in [5.41, 5.74) is 4.63. The first-order valence-electron chi connectivity index (χ1n) is 6.56. The van der Waals surface area contributed by atoms with Crippen molar-refractivity contribution in [1.29, 1.82) is 0 Å². The van der Waals surface area contributed by atoms with E-state index in [2.05, 4.69) is 4.72 Å². The Hall–Kier alpha value is -1.12. The van der Waals surface area contributed by atoms with E-state index >= 15 is 0 Å². The highest BCUT2D eigenvalue weighted by Crippen LogP contribution is 2.30. The number of hydrogen-bond donors (Lipinski definition) is 2. The lowest BCUT2D eigenvalue weighted by atomic mass is 9.82. The van der Waals surface area contributed by atoms with E-state index in [-0.39, 0.29) is 4.99 Å². The third kappa shape index (κ3) is 3.38. The van der Waals surface area contributed by atoms with Crippen LogP contribution in [-0.2, 0) is 10.0 Å². The molecule has 116 valence electrons. The number of rotatable bonds is 4. The molecular weight excluding hydrogens is 318 g/mol. The molecule has 0 saturated heterocycles. The summed E-state index contributed by atoms with van der Waals surface area (Å²) in [4.78, 5) is -0.703. The average molecular weight is 334 g/mol. The first kappa shape index (κ1) is 16.3. The summed E-state index contributed by atoms with van der Waals surface area (Å²) in [5, 5.41) is 0. The maximum absolute atomic E-state index is 13.7. The van der Waals surface area contributed by atoms with Crippen molar-refractivity contribution >= 4 is 27.2 Å². The predicted octanol–water partition coefficient (Wildman–Crippen LogP) is 2.23. The largest absolute Gasteiger partial charge is 0.392 e. The van der Waals surface area contributed by atoms with Gasteiger partial charge in [0, 0.05) is 0 Å². The molecule has 2 rings (SSSR count). The minimum absolute atomic E-state index is 0.0302. The Morgan fingerprint density at radius 3 is 2.43 bits per heavy atom. The molecule has 0 unspecified atom stereocenters. The molecule has 0 radical (unpaired) electrons. The van der Waals surface area contributed by atoms with Crippen LogP contribution < -0.4 is 10.5 Å². The minimum Gasteiger partial charge on any atom is -0.392 e. The number of hydrogen-bond acceptors (Lipinski definition) is 3. The van der Waals surface area contributed by atoms with Crippen LogP contribution in [0.15, 0.2) is 23.1 Å². The molecule has 3 N–H and O–H groups in total. The maximum Gasteiger partial charge on any atom is 0.244 e. The molecule has 0 bridgehead atoms. The highest BCUT2D eigenvalue weighted by atomic mass is 32.2. The second-order valence-corrected chi connectivity index (χ2v) is 7.28. The Morgan fingerprint density at radius 1 is 1.24 bits per heavy atom. The molecule has 1 saturated carbocycles. The molecule has 8 heteroatoms. The van der Waals surface area contributed by atoms with E-state index in [1.165, 1.54) is 0 Å². The Bertz CT molecular complexity index is 656. The summed E-state index contributed by atoms with van der Waals surface area (Å²) in [6, 6.07) is 2.28. The summed E-state index contributed by atoms with van der Waals surface area (Å²) < 4.78 is 54.0. The van der Waals surface area contributed by atoms with Gasteiger partial charge in [-0.1, -0.05) is 31.5 Å². The van der Waals surface area contributed by atoms with E-state index in [0.29, 0.717) is 18.9 Å². The van der Waals surface area contributed by atoms with Crippen molar-refractivity contribution in [3.63, 3.8) is 0 Å². The number of halogens is 2. The van der Waals surface area contributed by atoms with Gasteiger partial charge in [-0.15, -0.1) is 0 Å². The fraction of sp³-hybridized carbons (Fsp3) is 0.462. The maximum atomic E-state index is 13.7. The van der Waals surface area contributed by atoms with Gasteiger partial charge in [0.1, 0.15) is 16.5 Å². The SMILES string of the molecule is NC(=S)C1(NS(=O)(=O)c2cc(F)ccc2F)CCCCC1. The average Bonchev–Trinajstić information content (AvgIpc) is 2.42. The van der Waals surface area contributed by atoms with Crippen LogP contribution in [0.5, 0.6) is 0 Å². The number of thiocarbonyl (C=S) groups is 1. The number of nitrogens with two attached hydrogens (primary N) is 1. The van der Waals surface area contributed by atoms with Gasteiger partial charge >= 0.3 is 0 Å². The predicted molar refractivity (Wildman–Crippen MR) is 79.3 cm³/mol. The van der Waals surface area contributed by atoms with E-state index in [9.17, 15) is 17.2 Å². The fourth-order valence-corrected chi connectivity index (χ4v) is 4.40. The highest BCUT2D eigenvalue weighted by Gasteiger charge is 2.39. The van der Waals surface area contributed by atoms with Gasteiger partial charge in [-0.3, -0.25) is 0 Å². The van der Waals surface area contributed by atoms with Crippen molar-refractivity contribution in [2.45, 2.75) is 42.5 Å². The molecule has 0 atom stereocenters. The fourth-order valence-electron chi connectivity index (χ4n) is 2.55. The Balaban J connectivity index is 2.39. The normalized spacial score (nSPS) is 18.4. The summed E-state index contributed by atoms with van der Waals surface area (Å²) >= 11 is 4.99. The summed E-state index contributed by atoms with van der Waals surface area (Å²) in [7, 11) is -4.25. The minimum atomic E-state index is -4.25. The van der Waals surface area contributed by atoms with E-state index in [0.717, 1.165) is 31.4 Å². The molecule has 0 amide bonds.